The van der Waals surface area contributed by atoms with Crippen molar-refractivity contribution in [3.63, 3.8) is 0 Å². The van der Waals surface area contributed by atoms with E-state index in [2.05, 4.69) is 26.7 Å². The van der Waals surface area contributed by atoms with Crippen molar-refractivity contribution in [3.05, 3.63) is 65.7 Å². The van der Waals surface area contributed by atoms with Crippen molar-refractivity contribution in [2.24, 2.45) is 0 Å². The number of ether oxygens (including phenoxy) is 1. The summed E-state index contributed by atoms with van der Waals surface area (Å²) in [5.41, 5.74) is 5.32. The van der Waals surface area contributed by atoms with Gasteiger partial charge in [0, 0.05) is 11.3 Å². The Bertz CT molecular complexity index is 1200. The van der Waals surface area contributed by atoms with Crippen molar-refractivity contribution in [3.8, 4) is 17.0 Å². The molecule has 0 aliphatic rings. The van der Waals surface area contributed by atoms with Crippen LogP contribution in [0.5, 0.6) is 5.75 Å². The van der Waals surface area contributed by atoms with Gasteiger partial charge in [-0.1, -0.05) is 30.0 Å². The summed E-state index contributed by atoms with van der Waals surface area (Å²) < 4.78 is 6.95. The van der Waals surface area contributed by atoms with E-state index in [0.29, 0.717) is 10.8 Å². The van der Waals surface area contributed by atoms with Gasteiger partial charge >= 0.3 is 0 Å². The number of aryl methyl sites for hydroxylation is 2. The average Bonchev–Trinajstić information content (AvgIpc) is 3.14. The molecule has 0 aliphatic heterocycles. The molecule has 1 N–H and O–H groups in total. The number of thioether (sulfide) groups is 1. The third kappa shape index (κ3) is 4.44. The fraction of sp³-hybridized carbons (Fsp3) is 0.182. The van der Waals surface area contributed by atoms with Crippen LogP contribution in [0.25, 0.3) is 16.9 Å². The van der Waals surface area contributed by atoms with Crippen LogP contribution >= 0.6 is 11.8 Å². The molecule has 8 heteroatoms. The van der Waals surface area contributed by atoms with E-state index in [1.807, 2.05) is 62.4 Å². The highest BCUT2D eigenvalue weighted by atomic mass is 32.2. The molecule has 0 saturated carbocycles. The number of rotatable bonds is 6. The molecule has 0 atom stereocenters. The van der Waals surface area contributed by atoms with Crippen LogP contribution in [0.2, 0.25) is 0 Å². The number of carbonyl (C=O) groups excluding carboxylic acids is 1. The number of anilines is 1. The van der Waals surface area contributed by atoms with Crippen molar-refractivity contribution in [1.29, 1.82) is 0 Å². The van der Waals surface area contributed by atoms with Gasteiger partial charge in [0.2, 0.25) is 11.1 Å². The maximum atomic E-state index is 12.4. The zero-order valence-corrected chi connectivity index (χ0v) is 17.7. The van der Waals surface area contributed by atoms with E-state index in [1.54, 1.807) is 11.6 Å². The van der Waals surface area contributed by atoms with Crippen LogP contribution in [0.15, 0.2) is 59.8 Å². The summed E-state index contributed by atoms with van der Waals surface area (Å²) in [5.74, 6) is 0.861. The average molecular weight is 420 g/mol. The lowest BCUT2D eigenvalue weighted by atomic mass is 10.1. The van der Waals surface area contributed by atoms with Gasteiger partial charge in [0.05, 0.1) is 18.6 Å². The maximum absolute atomic E-state index is 12.4. The summed E-state index contributed by atoms with van der Waals surface area (Å²) in [4.78, 5) is 12.4. The van der Waals surface area contributed by atoms with Gasteiger partial charge in [-0.3, -0.25) is 4.79 Å². The molecule has 2 aromatic heterocycles. The standard InChI is InChI=1S/C22H21N5O2S/c1-14-9-15(2)11-17(10-14)23-21(28)13-30-22-25-24-20-8-7-19(26-27(20)22)16-5-4-6-18(12-16)29-3/h4-12H,13H2,1-3H3,(H,23,28). The Labute approximate surface area is 178 Å². The predicted molar refractivity (Wildman–Crippen MR) is 118 cm³/mol. The van der Waals surface area contributed by atoms with E-state index in [1.165, 1.54) is 11.8 Å². The van der Waals surface area contributed by atoms with E-state index in [-0.39, 0.29) is 11.7 Å². The van der Waals surface area contributed by atoms with E-state index in [0.717, 1.165) is 33.8 Å². The predicted octanol–water partition coefficient (Wildman–Crippen LogP) is 4.15. The zero-order valence-electron chi connectivity index (χ0n) is 16.9. The lowest BCUT2D eigenvalue weighted by Crippen LogP contribution is -2.14. The maximum Gasteiger partial charge on any atom is 0.234 e. The van der Waals surface area contributed by atoms with Gasteiger partial charge in [0.15, 0.2) is 5.65 Å². The number of aromatic nitrogens is 4. The second-order valence-corrected chi connectivity index (χ2v) is 7.86. The second kappa shape index (κ2) is 8.54. The summed E-state index contributed by atoms with van der Waals surface area (Å²) in [5, 5.41) is 16.5. The van der Waals surface area contributed by atoms with Gasteiger partial charge in [-0.2, -0.15) is 9.61 Å². The highest BCUT2D eigenvalue weighted by molar-refractivity contribution is 7.99. The molecule has 1 amide bonds. The first-order valence-corrected chi connectivity index (χ1v) is 10.4. The van der Waals surface area contributed by atoms with Gasteiger partial charge < -0.3 is 10.1 Å². The normalized spacial score (nSPS) is 10.9. The summed E-state index contributed by atoms with van der Waals surface area (Å²) in [6, 6.07) is 17.4. The van der Waals surface area contributed by atoms with Crippen LogP contribution in [0.3, 0.4) is 0 Å². The van der Waals surface area contributed by atoms with Crippen LogP contribution in [-0.2, 0) is 4.79 Å². The summed E-state index contributed by atoms with van der Waals surface area (Å²) in [6.07, 6.45) is 0. The zero-order chi connectivity index (χ0) is 21.1. The van der Waals surface area contributed by atoms with Crippen molar-refractivity contribution in [1.82, 2.24) is 19.8 Å². The molecule has 0 fully saturated rings. The number of nitrogens with one attached hydrogen (secondary N) is 1. The fourth-order valence-corrected chi connectivity index (χ4v) is 3.86. The molecule has 0 bridgehead atoms. The van der Waals surface area contributed by atoms with Gasteiger partial charge in [0.25, 0.3) is 0 Å². The topological polar surface area (TPSA) is 81.4 Å². The molecule has 2 aromatic carbocycles. The highest BCUT2D eigenvalue weighted by Crippen LogP contribution is 2.24. The Hall–Kier alpha value is -3.39. The van der Waals surface area contributed by atoms with Crippen LogP contribution in [0.1, 0.15) is 11.1 Å². The number of hydrogen-bond donors (Lipinski definition) is 1. The molecule has 0 spiro atoms. The molecule has 152 valence electrons. The minimum Gasteiger partial charge on any atom is -0.497 e. The molecule has 0 saturated heterocycles. The number of hydrogen-bond acceptors (Lipinski definition) is 6. The number of carbonyl (C=O) groups is 1. The number of nitrogens with zero attached hydrogens (tertiary/aromatic N) is 4. The summed E-state index contributed by atoms with van der Waals surface area (Å²) in [6.45, 7) is 4.01. The third-order valence-corrected chi connectivity index (χ3v) is 5.36. The molecule has 7 nitrogen and oxygen atoms in total. The quantitative estimate of drug-likeness (QED) is 0.473. The molecule has 4 aromatic rings. The highest BCUT2D eigenvalue weighted by Gasteiger charge is 2.12. The van der Waals surface area contributed by atoms with E-state index >= 15 is 0 Å². The largest absolute Gasteiger partial charge is 0.497 e. The van der Waals surface area contributed by atoms with Crippen molar-refractivity contribution < 1.29 is 9.53 Å². The Kier molecular flexibility index (Phi) is 5.67. The van der Waals surface area contributed by atoms with Crippen molar-refractivity contribution >= 4 is 29.0 Å². The Morgan fingerprint density at radius 3 is 2.63 bits per heavy atom. The molecule has 4 rings (SSSR count). The minimum absolute atomic E-state index is 0.106. The van der Waals surface area contributed by atoms with Crippen LogP contribution in [0, 0.1) is 13.8 Å². The molecular weight excluding hydrogens is 398 g/mol. The Balaban J connectivity index is 1.50. The van der Waals surface area contributed by atoms with Crippen LogP contribution in [0.4, 0.5) is 5.69 Å². The smallest absolute Gasteiger partial charge is 0.234 e. The summed E-state index contributed by atoms with van der Waals surface area (Å²) >= 11 is 1.29. The number of amides is 1. The Morgan fingerprint density at radius 1 is 1.07 bits per heavy atom. The Morgan fingerprint density at radius 2 is 1.87 bits per heavy atom. The number of fused-ring (bicyclic) bond motifs is 1. The van der Waals surface area contributed by atoms with Gasteiger partial charge in [-0.25, -0.2) is 0 Å². The van der Waals surface area contributed by atoms with Crippen molar-refractivity contribution in [2.75, 3.05) is 18.2 Å². The third-order valence-electron chi connectivity index (χ3n) is 4.44. The van der Waals surface area contributed by atoms with E-state index < -0.39 is 0 Å². The van der Waals surface area contributed by atoms with E-state index in [4.69, 9.17) is 4.74 Å². The van der Waals surface area contributed by atoms with Gasteiger partial charge in [-0.15, -0.1) is 10.2 Å². The first-order valence-electron chi connectivity index (χ1n) is 9.39. The molecule has 0 unspecified atom stereocenters. The lowest BCUT2D eigenvalue weighted by molar-refractivity contribution is -0.113. The second-order valence-electron chi connectivity index (χ2n) is 6.92. The first-order chi connectivity index (χ1) is 14.5. The SMILES string of the molecule is COc1cccc(-c2ccc3nnc(SCC(=O)Nc4cc(C)cc(C)c4)n3n2)c1. The minimum atomic E-state index is -0.106. The van der Waals surface area contributed by atoms with Crippen LogP contribution in [-0.4, -0.2) is 38.6 Å². The first kappa shape index (κ1) is 19.9. The summed E-state index contributed by atoms with van der Waals surface area (Å²) in [7, 11) is 1.63. The molecule has 30 heavy (non-hydrogen) atoms. The van der Waals surface area contributed by atoms with Crippen molar-refractivity contribution in [2.45, 2.75) is 19.0 Å². The van der Waals surface area contributed by atoms with Crippen LogP contribution < -0.4 is 10.1 Å². The number of methoxy groups -OCH3 is 1. The molecular formula is C22H21N5O2S. The monoisotopic (exact) mass is 419 g/mol. The number of benzene rings is 2. The van der Waals surface area contributed by atoms with Gasteiger partial charge in [0.1, 0.15) is 5.75 Å². The molecule has 0 radical (unpaired) electrons. The molecule has 0 aliphatic carbocycles. The van der Waals surface area contributed by atoms with E-state index in [9.17, 15) is 4.79 Å². The fourth-order valence-electron chi connectivity index (χ4n) is 3.17. The van der Waals surface area contributed by atoms with Gasteiger partial charge in [-0.05, 0) is 61.4 Å². The lowest BCUT2D eigenvalue weighted by Gasteiger charge is -2.07. The molecule has 2 heterocycles.